The number of ether oxygens (including phenoxy) is 1. The van der Waals surface area contributed by atoms with Crippen molar-refractivity contribution < 1.29 is 17.9 Å². The summed E-state index contributed by atoms with van der Waals surface area (Å²) in [6.45, 7) is 11.2. The van der Waals surface area contributed by atoms with E-state index in [2.05, 4.69) is 11.8 Å². The fourth-order valence-electron chi connectivity index (χ4n) is 3.55. The van der Waals surface area contributed by atoms with Crippen LogP contribution in [-0.4, -0.2) is 87.5 Å². The minimum absolute atomic E-state index is 0.103. The van der Waals surface area contributed by atoms with Crippen LogP contribution in [0.3, 0.4) is 0 Å². The standard InChI is InChI=1S/C23H39N3O4S/c1-5-6-7-8-12-26(14-13-25-15-17-30-18-16-25)23(27)21-10-9-11-22(19-21)31(28,29)24(4)20(2)3/h9-11,19-20H,5-8,12-18H2,1-4H3. The van der Waals surface area contributed by atoms with Gasteiger partial charge in [-0.2, -0.15) is 4.31 Å². The Balaban J connectivity index is 2.15. The van der Waals surface area contributed by atoms with Gasteiger partial charge in [0.2, 0.25) is 10.0 Å². The van der Waals surface area contributed by atoms with Crippen molar-refractivity contribution >= 4 is 15.9 Å². The van der Waals surface area contributed by atoms with Crippen molar-refractivity contribution in [1.29, 1.82) is 0 Å². The second kappa shape index (κ2) is 12.5. The molecule has 1 saturated heterocycles. The van der Waals surface area contributed by atoms with Crippen molar-refractivity contribution in [3.63, 3.8) is 0 Å². The molecule has 0 unspecified atom stereocenters. The quantitative estimate of drug-likeness (QED) is 0.455. The van der Waals surface area contributed by atoms with Gasteiger partial charge >= 0.3 is 0 Å². The van der Waals surface area contributed by atoms with Crippen LogP contribution in [0.25, 0.3) is 0 Å². The molecular formula is C23H39N3O4S. The highest BCUT2D eigenvalue weighted by Gasteiger charge is 2.25. The highest BCUT2D eigenvalue weighted by Crippen LogP contribution is 2.19. The van der Waals surface area contributed by atoms with Crippen LogP contribution in [0.5, 0.6) is 0 Å². The van der Waals surface area contributed by atoms with Gasteiger partial charge in [-0.3, -0.25) is 9.69 Å². The van der Waals surface area contributed by atoms with Crippen LogP contribution >= 0.6 is 0 Å². The lowest BCUT2D eigenvalue weighted by molar-refractivity contribution is 0.0324. The number of morpholine rings is 1. The molecule has 1 aromatic rings. The molecule has 0 spiro atoms. The molecule has 1 aromatic carbocycles. The van der Waals surface area contributed by atoms with Crippen LogP contribution < -0.4 is 0 Å². The molecule has 1 amide bonds. The fourth-order valence-corrected chi connectivity index (χ4v) is 4.96. The van der Waals surface area contributed by atoms with Crippen molar-refractivity contribution in [3.05, 3.63) is 29.8 Å². The van der Waals surface area contributed by atoms with E-state index in [4.69, 9.17) is 4.74 Å². The monoisotopic (exact) mass is 453 g/mol. The Labute approximate surface area is 188 Å². The molecule has 8 heteroatoms. The molecule has 0 atom stereocenters. The average molecular weight is 454 g/mol. The van der Waals surface area contributed by atoms with E-state index in [1.165, 1.54) is 10.4 Å². The number of nitrogens with zero attached hydrogens (tertiary/aromatic N) is 3. The summed E-state index contributed by atoms with van der Waals surface area (Å²) in [7, 11) is -2.07. The predicted molar refractivity (Wildman–Crippen MR) is 124 cm³/mol. The number of carbonyl (C=O) groups is 1. The fraction of sp³-hybridized carbons (Fsp3) is 0.696. The second-order valence-electron chi connectivity index (χ2n) is 8.45. The van der Waals surface area contributed by atoms with Gasteiger partial charge in [0.05, 0.1) is 18.1 Å². The molecule has 0 saturated carbocycles. The zero-order valence-corrected chi connectivity index (χ0v) is 20.4. The molecule has 31 heavy (non-hydrogen) atoms. The third kappa shape index (κ3) is 7.56. The first kappa shape index (κ1) is 25.8. The van der Waals surface area contributed by atoms with Gasteiger partial charge in [0, 0.05) is 51.4 Å². The minimum atomic E-state index is -3.63. The first-order chi connectivity index (χ1) is 14.8. The van der Waals surface area contributed by atoms with E-state index in [9.17, 15) is 13.2 Å². The van der Waals surface area contributed by atoms with Crippen LogP contribution in [0.1, 0.15) is 56.8 Å². The van der Waals surface area contributed by atoms with Crippen molar-refractivity contribution in [2.75, 3.05) is 53.0 Å². The number of amides is 1. The van der Waals surface area contributed by atoms with Gasteiger partial charge in [-0.05, 0) is 38.5 Å². The molecule has 1 aliphatic rings. The van der Waals surface area contributed by atoms with Gasteiger partial charge < -0.3 is 9.64 Å². The van der Waals surface area contributed by atoms with E-state index in [1.807, 2.05) is 18.7 Å². The Kier molecular flexibility index (Phi) is 10.4. The lowest BCUT2D eigenvalue weighted by Gasteiger charge is -2.30. The molecule has 0 aliphatic carbocycles. The molecule has 0 aromatic heterocycles. The van der Waals surface area contributed by atoms with Crippen LogP contribution in [0, 0.1) is 0 Å². The van der Waals surface area contributed by atoms with Crippen LogP contribution in [0.15, 0.2) is 29.2 Å². The molecule has 2 rings (SSSR count). The molecule has 176 valence electrons. The summed E-state index contributed by atoms with van der Waals surface area (Å²) in [5, 5.41) is 0. The number of carbonyl (C=O) groups excluding carboxylic acids is 1. The Morgan fingerprint density at radius 2 is 1.84 bits per heavy atom. The van der Waals surface area contributed by atoms with E-state index >= 15 is 0 Å². The Bertz CT molecular complexity index is 792. The summed E-state index contributed by atoms with van der Waals surface area (Å²) in [4.78, 5) is 17.7. The van der Waals surface area contributed by atoms with Gasteiger partial charge in [0.1, 0.15) is 0 Å². The average Bonchev–Trinajstić information content (AvgIpc) is 2.78. The minimum Gasteiger partial charge on any atom is -0.379 e. The molecule has 0 radical (unpaired) electrons. The molecule has 0 N–H and O–H groups in total. The summed E-state index contributed by atoms with van der Waals surface area (Å²) in [5.74, 6) is -0.103. The van der Waals surface area contributed by atoms with Crippen molar-refractivity contribution in [2.24, 2.45) is 0 Å². The van der Waals surface area contributed by atoms with Gasteiger partial charge in [0.15, 0.2) is 0 Å². The summed E-state index contributed by atoms with van der Waals surface area (Å²) in [5.41, 5.74) is 0.427. The molecule has 7 nitrogen and oxygen atoms in total. The Morgan fingerprint density at radius 1 is 1.13 bits per heavy atom. The maximum absolute atomic E-state index is 13.3. The molecular weight excluding hydrogens is 414 g/mol. The number of unbranched alkanes of at least 4 members (excludes halogenated alkanes) is 3. The summed E-state index contributed by atoms with van der Waals surface area (Å²) in [6, 6.07) is 6.29. The largest absolute Gasteiger partial charge is 0.379 e. The number of hydrogen-bond donors (Lipinski definition) is 0. The first-order valence-corrected chi connectivity index (χ1v) is 12.9. The molecule has 1 heterocycles. The number of hydrogen-bond acceptors (Lipinski definition) is 5. The van der Waals surface area contributed by atoms with Gasteiger partial charge in [-0.15, -0.1) is 0 Å². The Hall–Kier alpha value is -1.48. The zero-order chi connectivity index (χ0) is 22.9. The maximum atomic E-state index is 13.3. The SMILES string of the molecule is CCCCCCN(CCN1CCOCC1)C(=O)c1cccc(S(=O)(=O)N(C)C(C)C)c1. The number of sulfonamides is 1. The highest BCUT2D eigenvalue weighted by molar-refractivity contribution is 7.89. The van der Waals surface area contributed by atoms with E-state index in [-0.39, 0.29) is 16.8 Å². The molecule has 1 fully saturated rings. The maximum Gasteiger partial charge on any atom is 0.253 e. The summed E-state index contributed by atoms with van der Waals surface area (Å²) < 4.78 is 32.5. The third-order valence-corrected chi connectivity index (χ3v) is 7.87. The zero-order valence-electron chi connectivity index (χ0n) is 19.5. The van der Waals surface area contributed by atoms with Crippen molar-refractivity contribution in [3.8, 4) is 0 Å². The van der Waals surface area contributed by atoms with E-state index in [0.717, 1.165) is 58.5 Å². The lowest BCUT2D eigenvalue weighted by Crippen LogP contribution is -2.43. The normalized spacial score (nSPS) is 15.5. The molecule has 1 aliphatic heterocycles. The predicted octanol–water partition coefficient (Wildman–Crippen LogP) is 3.07. The number of benzene rings is 1. The lowest BCUT2D eigenvalue weighted by atomic mass is 10.1. The first-order valence-electron chi connectivity index (χ1n) is 11.4. The summed E-state index contributed by atoms with van der Waals surface area (Å²) >= 11 is 0. The third-order valence-electron chi connectivity index (χ3n) is 5.84. The topological polar surface area (TPSA) is 70.2 Å². The van der Waals surface area contributed by atoms with Crippen LogP contribution in [0.2, 0.25) is 0 Å². The van der Waals surface area contributed by atoms with Gasteiger partial charge in [-0.1, -0.05) is 32.3 Å². The van der Waals surface area contributed by atoms with Gasteiger partial charge in [-0.25, -0.2) is 8.42 Å². The van der Waals surface area contributed by atoms with Crippen molar-refractivity contribution in [2.45, 2.75) is 57.4 Å². The van der Waals surface area contributed by atoms with E-state index in [0.29, 0.717) is 18.7 Å². The summed E-state index contributed by atoms with van der Waals surface area (Å²) in [6.07, 6.45) is 4.34. The Morgan fingerprint density at radius 3 is 2.48 bits per heavy atom. The van der Waals surface area contributed by atoms with E-state index < -0.39 is 10.0 Å². The second-order valence-corrected chi connectivity index (χ2v) is 10.4. The molecule has 0 bridgehead atoms. The highest BCUT2D eigenvalue weighted by atomic mass is 32.2. The smallest absolute Gasteiger partial charge is 0.253 e. The number of rotatable bonds is 12. The van der Waals surface area contributed by atoms with Crippen molar-refractivity contribution in [1.82, 2.24) is 14.1 Å². The van der Waals surface area contributed by atoms with Crippen LogP contribution in [0.4, 0.5) is 0 Å². The van der Waals surface area contributed by atoms with Crippen LogP contribution in [-0.2, 0) is 14.8 Å². The van der Waals surface area contributed by atoms with E-state index in [1.54, 1.807) is 25.2 Å². The van der Waals surface area contributed by atoms with Gasteiger partial charge in [0.25, 0.3) is 5.91 Å².